The summed E-state index contributed by atoms with van der Waals surface area (Å²) in [6.45, 7) is 3.62. The number of halogens is 3. The van der Waals surface area contributed by atoms with Gasteiger partial charge in [-0.3, -0.25) is 4.79 Å². The van der Waals surface area contributed by atoms with Crippen LogP contribution >= 0.6 is 0 Å². The van der Waals surface area contributed by atoms with Crippen LogP contribution in [-0.4, -0.2) is 55.7 Å². The molecule has 0 spiro atoms. The molecule has 0 aromatic carbocycles. The van der Waals surface area contributed by atoms with Crippen molar-refractivity contribution in [1.29, 1.82) is 0 Å². The average Bonchev–Trinajstić information content (AvgIpc) is 2.37. The highest BCUT2D eigenvalue weighted by molar-refractivity contribution is 5.77. The van der Waals surface area contributed by atoms with Crippen molar-refractivity contribution in [3.05, 3.63) is 0 Å². The van der Waals surface area contributed by atoms with E-state index in [9.17, 15) is 18.0 Å². The molecule has 0 saturated carbocycles. The molecule has 1 aliphatic rings. The van der Waals surface area contributed by atoms with Crippen LogP contribution in [0.5, 0.6) is 0 Å². The van der Waals surface area contributed by atoms with Crippen LogP contribution in [0, 0.1) is 0 Å². The molecule has 0 aliphatic carbocycles. The van der Waals surface area contributed by atoms with E-state index in [1.807, 2.05) is 5.32 Å². The fourth-order valence-corrected chi connectivity index (χ4v) is 2.36. The van der Waals surface area contributed by atoms with Crippen LogP contribution in [0.2, 0.25) is 0 Å². The standard InChI is InChI=1S/C13H24F3N3O/c1-11-5-2-3-7-19(11)8-4-6-17-9-12(20)18-10-13(14,15)16/h11,17H,2-10H2,1H3,(H,18,20). The number of nitrogens with zero attached hydrogens (tertiary/aromatic N) is 1. The third kappa shape index (κ3) is 7.69. The molecule has 1 unspecified atom stereocenters. The first-order valence-corrected chi connectivity index (χ1v) is 7.17. The minimum absolute atomic E-state index is 0.0639. The molecule has 1 saturated heterocycles. The predicted molar refractivity (Wildman–Crippen MR) is 71.4 cm³/mol. The number of alkyl halides is 3. The highest BCUT2D eigenvalue weighted by atomic mass is 19.4. The second-order valence-corrected chi connectivity index (χ2v) is 5.30. The van der Waals surface area contributed by atoms with E-state index in [0.29, 0.717) is 12.6 Å². The highest BCUT2D eigenvalue weighted by Gasteiger charge is 2.27. The van der Waals surface area contributed by atoms with Crippen LogP contribution in [-0.2, 0) is 4.79 Å². The normalized spacial score (nSPS) is 20.9. The summed E-state index contributed by atoms with van der Waals surface area (Å²) >= 11 is 0. The van der Waals surface area contributed by atoms with Gasteiger partial charge < -0.3 is 15.5 Å². The molecule has 4 nitrogen and oxygen atoms in total. The minimum atomic E-state index is -4.35. The van der Waals surface area contributed by atoms with Crippen LogP contribution in [0.4, 0.5) is 13.2 Å². The van der Waals surface area contributed by atoms with Crippen molar-refractivity contribution in [1.82, 2.24) is 15.5 Å². The summed E-state index contributed by atoms with van der Waals surface area (Å²) in [5.41, 5.74) is 0. The fraction of sp³-hybridized carbons (Fsp3) is 0.923. The Kier molecular flexibility index (Phi) is 7.29. The van der Waals surface area contributed by atoms with Crippen LogP contribution in [0.1, 0.15) is 32.6 Å². The zero-order valence-electron chi connectivity index (χ0n) is 11.9. The Morgan fingerprint density at radius 1 is 1.35 bits per heavy atom. The third-order valence-electron chi connectivity index (χ3n) is 3.51. The maximum Gasteiger partial charge on any atom is 0.405 e. The molecule has 0 radical (unpaired) electrons. The van der Waals surface area contributed by atoms with Gasteiger partial charge in [0.25, 0.3) is 0 Å². The molecule has 1 fully saturated rings. The van der Waals surface area contributed by atoms with Gasteiger partial charge in [-0.1, -0.05) is 6.42 Å². The van der Waals surface area contributed by atoms with Gasteiger partial charge in [0.1, 0.15) is 6.54 Å². The molecule has 0 aromatic heterocycles. The first-order valence-electron chi connectivity index (χ1n) is 7.17. The lowest BCUT2D eigenvalue weighted by Gasteiger charge is -2.33. The average molecular weight is 295 g/mol. The van der Waals surface area contributed by atoms with Gasteiger partial charge in [0.05, 0.1) is 6.54 Å². The van der Waals surface area contributed by atoms with Gasteiger partial charge in [-0.05, 0) is 45.8 Å². The van der Waals surface area contributed by atoms with E-state index >= 15 is 0 Å². The quantitative estimate of drug-likeness (QED) is 0.700. The Morgan fingerprint density at radius 2 is 2.10 bits per heavy atom. The van der Waals surface area contributed by atoms with E-state index in [0.717, 1.165) is 19.5 Å². The monoisotopic (exact) mass is 295 g/mol. The van der Waals surface area contributed by atoms with Gasteiger partial charge in [-0.2, -0.15) is 13.2 Å². The number of likely N-dealkylation sites (tertiary alicyclic amines) is 1. The number of hydrogen-bond acceptors (Lipinski definition) is 3. The van der Waals surface area contributed by atoms with Crippen LogP contribution < -0.4 is 10.6 Å². The van der Waals surface area contributed by atoms with Gasteiger partial charge >= 0.3 is 6.18 Å². The molecule has 20 heavy (non-hydrogen) atoms. The van der Waals surface area contributed by atoms with Gasteiger partial charge in [-0.15, -0.1) is 0 Å². The summed E-state index contributed by atoms with van der Waals surface area (Å²) in [6, 6.07) is 0.610. The van der Waals surface area contributed by atoms with Crippen molar-refractivity contribution in [3.63, 3.8) is 0 Å². The number of piperidine rings is 1. The Labute approximate surface area is 118 Å². The van der Waals surface area contributed by atoms with E-state index in [-0.39, 0.29) is 6.54 Å². The Hall–Kier alpha value is -0.820. The number of rotatable bonds is 7. The third-order valence-corrected chi connectivity index (χ3v) is 3.51. The maximum atomic E-state index is 11.9. The largest absolute Gasteiger partial charge is 0.405 e. The summed E-state index contributed by atoms with van der Waals surface area (Å²) < 4.78 is 35.6. The fourth-order valence-electron chi connectivity index (χ4n) is 2.36. The van der Waals surface area contributed by atoms with E-state index < -0.39 is 18.6 Å². The molecular formula is C13H24F3N3O. The first-order chi connectivity index (χ1) is 9.38. The lowest BCUT2D eigenvalue weighted by Crippen LogP contribution is -2.41. The topological polar surface area (TPSA) is 44.4 Å². The van der Waals surface area contributed by atoms with Gasteiger partial charge in [0, 0.05) is 6.04 Å². The Balaban J connectivity index is 2.00. The molecule has 7 heteroatoms. The van der Waals surface area contributed by atoms with Crippen molar-refractivity contribution in [3.8, 4) is 0 Å². The minimum Gasteiger partial charge on any atom is -0.346 e. The number of carbonyl (C=O) groups excluding carboxylic acids is 1. The van der Waals surface area contributed by atoms with E-state index in [1.165, 1.54) is 19.3 Å². The van der Waals surface area contributed by atoms with Crippen LogP contribution in [0.25, 0.3) is 0 Å². The molecular weight excluding hydrogens is 271 g/mol. The molecule has 118 valence electrons. The number of nitrogens with one attached hydrogen (secondary N) is 2. The Morgan fingerprint density at radius 3 is 2.75 bits per heavy atom. The van der Waals surface area contributed by atoms with Crippen molar-refractivity contribution in [2.45, 2.75) is 44.8 Å². The van der Waals surface area contributed by atoms with Crippen LogP contribution in [0.3, 0.4) is 0 Å². The second kappa shape index (κ2) is 8.46. The molecule has 1 rings (SSSR count). The number of hydrogen-bond donors (Lipinski definition) is 2. The lowest BCUT2D eigenvalue weighted by molar-refractivity contribution is -0.137. The number of carbonyl (C=O) groups is 1. The summed E-state index contributed by atoms with van der Waals surface area (Å²) in [4.78, 5) is 13.5. The van der Waals surface area contributed by atoms with Gasteiger partial charge in [0.2, 0.25) is 5.91 Å². The first kappa shape index (κ1) is 17.2. The summed E-state index contributed by atoms with van der Waals surface area (Å²) in [5, 5.41) is 4.70. The highest BCUT2D eigenvalue weighted by Crippen LogP contribution is 2.16. The van der Waals surface area contributed by atoms with E-state index in [2.05, 4.69) is 17.1 Å². The predicted octanol–water partition coefficient (Wildman–Crippen LogP) is 1.52. The molecule has 1 heterocycles. The van der Waals surface area contributed by atoms with Crippen LogP contribution in [0.15, 0.2) is 0 Å². The lowest BCUT2D eigenvalue weighted by atomic mass is 10.0. The molecule has 1 aliphatic heterocycles. The summed E-state index contributed by atoms with van der Waals surface area (Å²) in [5.74, 6) is -0.617. The molecule has 1 atom stereocenters. The second-order valence-electron chi connectivity index (χ2n) is 5.30. The number of amides is 1. The van der Waals surface area contributed by atoms with E-state index in [1.54, 1.807) is 0 Å². The van der Waals surface area contributed by atoms with Crippen molar-refractivity contribution in [2.75, 3.05) is 32.7 Å². The molecule has 0 bridgehead atoms. The maximum absolute atomic E-state index is 11.9. The molecule has 1 amide bonds. The van der Waals surface area contributed by atoms with Gasteiger partial charge in [0.15, 0.2) is 0 Å². The SMILES string of the molecule is CC1CCCCN1CCCNCC(=O)NCC(F)(F)F. The Bertz CT molecular complexity index is 297. The molecule has 2 N–H and O–H groups in total. The zero-order chi connectivity index (χ0) is 15.0. The van der Waals surface area contributed by atoms with E-state index in [4.69, 9.17) is 0 Å². The summed E-state index contributed by atoms with van der Waals surface area (Å²) in [7, 11) is 0. The smallest absolute Gasteiger partial charge is 0.346 e. The van der Waals surface area contributed by atoms with Crippen molar-refractivity contribution < 1.29 is 18.0 Å². The molecule has 0 aromatic rings. The van der Waals surface area contributed by atoms with Gasteiger partial charge in [-0.25, -0.2) is 0 Å². The zero-order valence-corrected chi connectivity index (χ0v) is 11.9. The van der Waals surface area contributed by atoms with Crippen molar-refractivity contribution in [2.24, 2.45) is 0 Å². The van der Waals surface area contributed by atoms with Crippen molar-refractivity contribution >= 4 is 5.91 Å². The summed E-state index contributed by atoms with van der Waals surface area (Å²) in [6.07, 6.45) is 0.303.